The van der Waals surface area contributed by atoms with Crippen molar-refractivity contribution in [3.05, 3.63) is 72.1 Å². The molecule has 1 aliphatic heterocycles. The topological polar surface area (TPSA) is 105 Å². The van der Waals surface area contributed by atoms with Gasteiger partial charge in [-0.05, 0) is 30.5 Å². The highest BCUT2D eigenvalue weighted by Gasteiger charge is 2.35. The Labute approximate surface area is 176 Å². The first-order valence-corrected chi connectivity index (χ1v) is 11.3. The average Bonchev–Trinajstić information content (AvgIpc) is 3.23. The largest absolute Gasteiger partial charge is 0.350 e. The van der Waals surface area contributed by atoms with Crippen LogP contribution in [0.25, 0.3) is 10.8 Å². The lowest BCUT2D eigenvalue weighted by Gasteiger charge is -2.20. The quantitative estimate of drug-likeness (QED) is 0.653. The third kappa shape index (κ3) is 3.81. The number of carbonyl (C=O) groups is 1. The summed E-state index contributed by atoms with van der Waals surface area (Å²) >= 11 is 0. The lowest BCUT2D eigenvalue weighted by Crippen LogP contribution is -2.42. The Bertz CT molecular complexity index is 1180. The number of nitrogens with zero attached hydrogens (tertiary/aromatic N) is 2. The number of nitrogens with two attached hydrogens (primary N) is 1. The summed E-state index contributed by atoms with van der Waals surface area (Å²) in [5.41, 5.74) is 7.59. The van der Waals surface area contributed by atoms with E-state index in [1.807, 2.05) is 31.2 Å². The molecule has 0 bridgehead atoms. The van der Waals surface area contributed by atoms with Crippen molar-refractivity contribution in [1.82, 2.24) is 14.6 Å². The highest BCUT2D eigenvalue weighted by atomic mass is 32.2. The number of rotatable bonds is 5. The molecule has 1 amide bonds. The van der Waals surface area contributed by atoms with Crippen molar-refractivity contribution in [2.45, 2.75) is 30.3 Å². The summed E-state index contributed by atoms with van der Waals surface area (Å²) < 4.78 is 28.1. The molecule has 4 rings (SSSR count). The molecule has 3 aromatic rings. The molecule has 30 heavy (non-hydrogen) atoms. The molecule has 2 heterocycles. The Balaban J connectivity index is 1.51. The zero-order valence-electron chi connectivity index (χ0n) is 16.7. The van der Waals surface area contributed by atoms with E-state index in [0.29, 0.717) is 18.4 Å². The third-order valence-electron chi connectivity index (χ3n) is 5.49. The van der Waals surface area contributed by atoms with Gasteiger partial charge in [0.15, 0.2) is 0 Å². The average molecular weight is 425 g/mol. The number of aromatic nitrogens is 1. The predicted octanol–water partition coefficient (Wildman–Crippen LogP) is 2.12. The summed E-state index contributed by atoms with van der Waals surface area (Å²) in [6.07, 6.45) is 3.87. The molecule has 1 fully saturated rings. The molecule has 1 aliphatic rings. The van der Waals surface area contributed by atoms with Crippen molar-refractivity contribution >= 4 is 26.7 Å². The summed E-state index contributed by atoms with van der Waals surface area (Å²) in [7, 11) is -3.71. The van der Waals surface area contributed by atoms with E-state index in [2.05, 4.69) is 10.3 Å². The SMILES string of the molecule is Cc1cncc2cccc(S(=O)(=O)N3CC[C@H](NC(=O)C(N)c4ccccc4)C3)c12. The maximum Gasteiger partial charge on any atom is 0.243 e. The fraction of sp³-hybridized carbons (Fsp3) is 0.273. The Kier molecular flexibility index (Phi) is 5.55. The van der Waals surface area contributed by atoms with Crippen LogP contribution in [0.15, 0.2) is 65.8 Å². The van der Waals surface area contributed by atoms with Crippen LogP contribution in [0.2, 0.25) is 0 Å². The number of pyridine rings is 1. The predicted molar refractivity (Wildman–Crippen MR) is 115 cm³/mol. The van der Waals surface area contributed by atoms with Crippen LogP contribution >= 0.6 is 0 Å². The summed E-state index contributed by atoms with van der Waals surface area (Å²) in [6.45, 7) is 2.41. The van der Waals surface area contributed by atoms with Gasteiger partial charge in [0.05, 0.1) is 4.90 Å². The van der Waals surface area contributed by atoms with Crippen LogP contribution in [0.3, 0.4) is 0 Å². The molecule has 1 unspecified atom stereocenters. The molecule has 0 saturated carbocycles. The molecule has 156 valence electrons. The maximum atomic E-state index is 13.4. The molecule has 0 spiro atoms. The number of amides is 1. The monoisotopic (exact) mass is 424 g/mol. The van der Waals surface area contributed by atoms with E-state index in [-0.39, 0.29) is 23.4 Å². The van der Waals surface area contributed by atoms with Crippen LogP contribution in [-0.2, 0) is 14.8 Å². The minimum atomic E-state index is -3.71. The molecule has 2 atom stereocenters. The van der Waals surface area contributed by atoms with Gasteiger partial charge in [-0.25, -0.2) is 8.42 Å². The van der Waals surface area contributed by atoms with Crippen LogP contribution in [0.4, 0.5) is 0 Å². The first kappa shape index (κ1) is 20.5. The summed E-state index contributed by atoms with van der Waals surface area (Å²) in [4.78, 5) is 17.0. The number of aryl methyl sites for hydroxylation is 1. The molecule has 2 aromatic carbocycles. The van der Waals surface area contributed by atoms with Gasteiger partial charge in [0.2, 0.25) is 15.9 Å². The first-order valence-electron chi connectivity index (χ1n) is 9.82. The van der Waals surface area contributed by atoms with Crippen molar-refractivity contribution in [1.29, 1.82) is 0 Å². The van der Waals surface area contributed by atoms with Gasteiger partial charge in [-0.1, -0.05) is 42.5 Å². The molecule has 1 aromatic heterocycles. The lowest BCUT2D eigenvalue weighted by atomic mass is 10.1. The normalized spacial score (nSPS) is 18.4. The van der Waals surface area contributed by atoms with Crippen LogP contribution in [0.5, 0.6) is 0 Å². The van der Waals surface area contributed by atoms with Gasteiger partial charge in [0.1, 0.15) is 6.04 Å². The van der Waals surface area contributed by atoms with Crippen molar-refractivity contribution in [2.75, 3.05) is 13.1 Å². The Morgan fingerprint density at radius 2 is 1.93 bits per heavy atom. The summed E-state index contributed by atoms with van der Waals surface area (Å²) in [6, 6.07) is 13.3. The standard InChI is InChI=1S/C22H24N4O3S/c1-15-12-24-13-17-8-5-9-19(20(15)17)30(28,29)26-11-10-18(14-26)25-22(27)21(23)16-6-3-2-4-7-16/h2-9,12-13,18,21H,10-11,14,23H2,1H3,(H,25,27)/t18-,21?/m0/s1. The van der Waals surface area contributed by atoms with E-state index < -0.39 is 16.1 Å². The zero-order valence-corrected chi connectivity index (χ0v) is 17.5. The molecule has 1 saturated heterocycles. The highest BCUT2D eigenvalue weighted by molar-refractivity contribution is 7.89. The van der Waals surface area contributed by atoms with Gasteiger partial charge in [-0.15, -0.1) is 0 Å². The van der Waals surface area contributed by atoms with Gasteiger partial charge in [-0.3, -0.25) is 9.78 Å². The number of nitrogens with one attached hydrogen (secondary N) is 1. The van der Waals surface area contributed by atoms with E-state index >= 15 is 0 Å². The Morgan fingerprint density at radius 1 is 1.17 bits per heavy atom. The van der Waals surface area contributed by atoms with Crippen molar-refractivity contribution in [3.8, 4) is 0 Å². The van der Waals surface area contributed by atoms with Gasteiger partial charge in [-0.2, -0.15) is 4.31 Å². The van der Waals surface area contributed by atoms with E-state index in [4.69, 9.17) is 5.73 Å². The van der Waals surface area contributed by atoms with E-state index in [9.17, 15) is 13.2 Å². The molecule has 8 heteroatoms. The second-order valence-corrected chi connectivity index (χ2v) is 9.46. The Morgan fingerprint density at radius 3 is 2.70 bits per heavy atom. The second kappa shape index (κ2) is 8.14. The molecule has 7 nitrogen and oxygen atoms in total. The molecule has 3 N–H and O–H groups in total. The Hall–Kier alpha value is -2.81. The summed E-state index contributed by atoms with van der Waals surface area (Å²) in [5, 5.41) is 4.37. The van der Waals surface area contributed by atoms with Crippen molar-refractivity contribution in [3.63, 3.8) is 0 Å². The number of hydrogen-bond acceptors (Lipinski definition) is 5. The van der Waals surface area contributed by atoms with E-state index in [1.54, 1.807) is 36.7 Å². The van der Waals surface area contributed by atoms with Crippen LogP contribution in [-0.4, -0.2) is 42.7 Å². The second-order valence-electron chi connectivity index (χ2n) is 7.56. The van der Waals surface area contributed by atoms with Gasteiger partial charge >= 0.3 is 0 Å². The fourth-order valence-corrected chi connectivity index (χ4v) is 5.68. The molecule has 0 radical (unpaired) electrons. The van der Waals surface area contributed by atoms with Gasteiger partial charge in [0.25, 0.3) is 0 Å². The smallest absolute Gasteiger partial charge is 0.243 e. The van der Waals surface area contributed by atoms with E-state index in [1.165, 1.54) is 4.31 Å². The number of fused-ring (bicyclic) bond motifs is 1. The van der Waals surface area contributed by atoms with Gasteiger partial charge < -0.3 is 11.1 Å². The number of sulfonamides is 1. The molecular formula is C22H24N4O3S. The van der Waals surface area contributed by atoms with E-state index in [0.717, 1.165) is 16.5 Å². The van der Waals surface area contributed by atoms with Crippen molar-refractivity contribution in [2.24, 2.45) is 5.73 Å². The summed E-state index contributed by atoms with van der Waals surface area (Å²) in [5.74, 6) is -0.308. The zero-order chi connectivity index (χ0) is 21.3. The lowest BCUT2D eigenvalue weighted by molar-refractivity contribution is -0.123. The number of hydrogen-bond donors (Lipinski definition) is 2. The third-order valence-corrected chi connectivity index (χ3v) is 7.40. The fourth-order valence-electron chi connectivity index (χ4n) is 3.89. The maximum absolute atomic E-state index is 13.4. The number of benzene rings is 2. The van der Waals surface area contributed by atoms with Crippen molar-refractivity contribution < 1.29 is 13.2 Å². The first-order chi connectivity index (χ1) is 14.4. The van der Waals surface area contributed by atoms with Crippen LogP contribution in [0.1, 0.15) is 23.6 Å². The number of carbonyl (C=O) groups excluding carboxylic acids is 1. The minimum Gasteiger partial charge on any atom is -0.350 e. The van der Waals surface area contributed by atoms with Gasteiger partial charge in [0, 0.05) is 42.3 Å². The molecule has 0 aliphatic carbocycles. The minimum absolute atomic E-state index is 0.218. The highest BCUT2D eigenvalue weighted by Crippen LogP contribution is 2.29. The molecular weight excluding hydrogens is 400 g/mol. The van der Waals surface area contributed by atoms with Crippen LogP contribution < -0.4 is 11.1 Å². The van der Waals surface area contributed by atoms with Crippen LogP contribution in [0, 0.1) is 6.92 Å².